The molecule has 1 aromatic carbocycles. The largest absolute Gasteiger partial charge is 0.497 e. The SMILES string of the molecule is COc1cc(F)cc([C@@H](N)[C@@H](C)O)c1. The lowest BCUT2D eigenvalue weighted by Gasteiger charge is -2.15. The van der Waals surface area contributed by atoms with E-state index in [4.69, 9.17) is 10.5 Å². The van der Waals surface area contributed by atoms with Gasteiger partial charge in [0.2, 0.25) is 0 Å². The zero-order chi connectivity index (χ0) is 10.7. The Kier molecular flexibility index (Phi) is 3.43. The number of ether oxygens (including phenoxy) is 1. The molecule has 3 nitrogen and oxygen atoms in total. The number of hydrogen-bond donors (Lipinski definition) is 2. The average molecular weight is 199 g/mol. The molecule has 0 amide bonds. The van der Waals surface area contributed by atoms with E-state index in [1.807, 2.05) is 0 Å². The van der Waals surface area contributed by atoms with Crippen molar-refractivity contribution < 1.29 is 14.2 Å². The summed E-state index contributed by atoms with van der Waals surface area (Å²) in [6, 6.07) is 3.57. The van der Waals surface area contributed by atoms with Gasteiger partial charge < -0.3 is 15.6 Å². The van der Waals surface area contributed by atoms with Gasteiger partial charge in [-0.3, -0.25) is 0 Å². The van der Waals surface area contributed by atoms with Crippen molar-refractivity contribution in [3.8, 4) is 5.75 Å². The summed E-state index contributed by atoms with van der Waals surface area (Å²) in [6.45, 7) is 1.56. The van der Waals surface area contributed by atoms with Crippen LogP contribution < -0.4 is 10.5 Å². The lowest BCUT2D eigenvalue weighted by molar-refractivity contribution is 0.164. The van der Waals surface area contributed by atoms with Crippen molar-refractivity contribution in [3.63, 3.8) is 0 Å². The van der Waals surface area contributed by atoms with E-state index < -0.39 is 18.0 Å². The van der Waals surface area contributed by atoms with E-state index in [-0.39, 0.29) is 0 Å². The van der Waals surface area contributed by atoms with Crippen molar-refractivity contribution in [1.82, 2.24) is 0 Å². The number of aliphatic hydroxyl groups is 1. The van der Waals surface area contributed by atoms with E-state index in [1.54, 1.807) is 13.0 Å². The summed E-state index contributed by atoms with van der Waals surface area (Å²) < 4.78 is 17.9. The Balaban J connectivity index is 3.02. The Morgan fingerprint density at radius 1 is 1.43 bits per heavy atom. The Hall–Kier alpha value is -1.13. The van der Waals surface area contributed by atoms with Gasteiger partial charge in [0, 0.05) is 6.07 Å². The first-order chi connectivity index (χ1) is 6.54. The first-order valence-electron chi connectivity index (χ1n) is 4.32. The molecule has 0 saturated heterocycles. The highest BCUT2D eigenvalue weighted by atomic mass is 19.1. The van der Waals surface area contributed by atoms with Crippen molar-refractivity contribution in [3.05, 3.63) is 29.6 Å². The molecule has 0 aliphatic carbocycles. The van der Waals surface area contributed by atoms with Crippen LogP contribution in [0.1, 0.15) is 18.5 Å². The average Bonchev–Trinajstić information content (AvgIpc) is 2.15. The summed E-state index contributed by atoms with van der Waals surface area (Å²) in [4.78, 5) is 0. The van der Waals surface area contributed by atoms with Gasteiger partial charge in [0.1, 0.15) is 11.6 Å². The second-order valence-electron chi connectivity index (χ2n) is 3.19. The zero-order valence-corrected chi connectivity index (χ0v) is 8.20. The standard InChI is InChI=1S/C10H14FNO2/c1-6(13)10(12)7-3-8(11)5-9(4-7)14-2/h3-6,10,13H,12H2,1-2H3/t6-,10+/m1/s1. The van der Waals surface area contributed by atoms with Crippen LogP contribution in [0.5, 0.6) is 5.75 Å². The second kappa shape index (κ2) is 4.39. The molecule has 14 heavy (non-hydrogen) atoms. The second-order valence-corrected chi connectivity index (χ2v) is 3.19. The Labute approximate surface area is 82.3 Å². The molecule has 0 aliphatic rings. The minimum Gasteiger partial charge on any atom is -0.497 e. The van der Waals surface area contributed by atoms with Crippen molar-refractivity contribution in [2.45, 2.75) is 19.1 Å². The molecule has 1 aromatic rings. The number of methoxy groups -OCH3 is 1. The first kappa shape index (κ1) is 10.9. The molecule has 0 saturated carbocycles. The summed E-state index contributed by atoms with van der Waals surface area (Å²) in [5.74, 6) is -0.0217. The maximum atomic E-state index is 13.0. The maximum Gasteiger partial charge on any atom is 0.127 e. The van der Waals surface area contributed by atoms with Gasteiger partial charge in [-0.2, -0.15) is 0 Å². The fraction of sp³-hybridized carbons (Fsp3) is 0.400. The minimum atomic E-state index is -0.721. The monoisotopic (exact) mass is 199 g/mol. The lowest BCUT2D eigenvalue weighted by atomic mass is 10.0. The predicted molar refractivity (Wildman–Crippen MR) is 51.6 cm³/mol. The Morgan fingerprint density at radius 2 is 2.07 bits per heavy atom. The Bertz CT molecular complexity index is 315. The summed E-state index contributed by atoms with van der Waals surface area (Å²) in [5.41, 5.74) is 6.18. The molecule has 2 atom stereocenters. The molecule has 0 heterocycles. The van der Waals surface area contributed by atoms with Crippen molar-refractivity contribution in [2.75, 3.05) is 7.11 Å². The molecule has 0 aromatic heterocycles. The van der Waals surface area contributed by atoms with Gasteiger partial charge in [-0.15, -0.1) is 0 Å². The normalized spacial score (nSPS) is 14.9. The molecular weight excluding hydrogens is 185 g/mol. The third-order valence-electron chi connectivity index (χ3n) is 2.03. The summed E-state index contributed by atoms with van der Waals surface area (Å²) in [6.07, 6.45) is -0.721. The lowest BCUT2D eigenvalue weighted by Crippen LogP contribution is -2.23. The van der Waals surface area contributed by atoms with Crippen LogP contribution in [0.4, 0.5) is 4.39 Å². The van der Waals surface area contributed by atoms with Gasteiger partial charge in [-0.1, -0.05) is 0 Å². The third kappa shape index (κ3) is 2.43. The van der Waals surface area contributed by atoms with Crippen LogP contribution in [-0.4, -0.2) is 18.3 Å². The molecular formula is C10H14FNO2. The highest BCUT2D eigenvalue weighted by molar-refractivity contribution is 5.31. The molecule has 1 rings (SSSR count). The summed E-state index contributed by atoms with van der Waals surface area (Å²) >= 11 is 0. The molecule has 78 valence electrons. The van der Waals surface area contributed by atoms with E-state index in [0.717, 1.165) is 0 Å². The van der Waals surface area contributed by atoms with Crippen LogP contribution in [0.15, 0.2) is 18.2 Å². The van der Waals surface area contributed by atoms with Crippen LogP contribution in [0.3, 0.4) is 0 Å². The topological polar surface area (TPSA) is 55.5 Å². The van der Waals surface area contributed by atoms with E-state index in [1.165, 1.54) is 19.2 Å². The highest BCUT2D eigenvalue weighted by Crippen LogP contribution is 2.21. The molecule has 3 N–H and O–H groups in total. The smallest absolute Gasteiger partial charge is 0.127 e. The number of halogens is 1. The highest BCUT2D eigenvalue weighted by Gasteiger charge is 2.13. The first-order valence-corrected chi connectivity index (χ1v) is 4.32. The fourth-order valence-corrected chi connectivity index (χ4v) is 1.17. The number of benzene rings is 1. The van der Waals surface area contributed by atoms with Gasteiger partial charge in [0.25, 0.3) is 0 Å². The Morgan fingerprint density at radius 3 is 2.57 bits per heavy atom. The third-order valence-corrected chi connectivity index (χ3v) is 2.03. The molecule has 0 fully saturated rings. The van der Waals surface area contributed by atoms with Crippen LogP contribution in [-0.2, 0) is 0 Å². The zero-order valence-electron chi connectivity index (χ0n) is 8.20. The molecule has 0 bridgehead atoms. The predicted octanol–water partition coefficient (Wildman–Crippen LogP) is 1.21. The van der Waals surface area contributed by atoms with Gasteiger partial charge in [0.15, 0.2) is 0 Å². The molecule has 0 unspecified atom stereocenters. The van der Waals surface area contributed by atoms with Crippen LogP contribution in [0, 0.1) is 5.82 Å². The number of rotatable bonds is 3. The van der Waals surface area contributed by atoms with Crippen LogP contribution in [0.2, 0.25) is 0 Å². The van der Waals surface area contributed by atoms with Gasteiger partial charge in [-0.25, -0.2) is 4.39 Å². The molecule has 0 spiro atoms. The summed E-state index contributed by atoms with van der Waals surface area (Å²) in [7, 11) is 1.45. The van der Waals surface area contributed by atoms with Crippen LogP contribution >= 0.6 is 0 Å². The molecule has 0 radical (unpaired) electrons. The van der Waals surface area contributed by atoms with Crippen molar-refractivity contribution in [2.24, 2.45) is 5.73 Å². The minimum absolute atomic E-state index is 0.399. The van der Waals surface area contributed by atoms with E-state index in [0.29, 0.717) is 11.3 Å². The van der Waals surface area contributed by atoms with E-state index in [2.05, 4.69) is 0 Å². The summed E-state index contributed by atoms with van der Waals surface area (Å²) in [5, 5.41) is 9.24. The van der Waals surface area contributed by atoms with Crippen LogP contribution in [0.25, 0.3) is 0 Å². The molecule has 0 aliphatic heterocycles. The number of aliphatic hydroxyl groups excluding tert-OH is 1. The molecule has 4 heteroatoms. The van der Waals surface area contributed by atoms with Gasteiger partial charge in [-0.05, 0) is 24.6 Å². The van der Waals surface area contributed by atoms with Gasteiger partial charge in [0.05, 0.1) is 19.3 Å². The van der Waals surface area contributed by atoms with E-state index >= 15 is 0 Å². The number of hydrogen-bond acceptors (Lipinski definition) is 3. The van der Waals surface area contributed by atoms with Crippen molar-refractivity contribution >= 4 is 0 Å². The van der Waals surface area contributed by atoms with Crippen molar-refractivity contribution in [1.29, 1.82) is 0 Å². The maximum absolute atomic E-state index is 13.0. The van der Waals surface area contributed by atoms with Gasteiger partial charge >= 0.3 is 0 Å². The fourth-order valence-electron chi connectivity index (χ4n) is 1.17. The van der Waals surface area contributed by atoms with E-state index in [9.17, 15) is 9.50 Å². The number of nitrogens with two attached hydrogens (primary N) is 1. The quantitative estimate of drug-likeness (QED) is 0.769.